The summed E-state index contributed by atoms with van der Waals surface area (Å²) in [4.78, 5) is 56.8. The Morgan fingerprint density at radius 1 is 1.16 bits per heavy atom. The number of fused-ring (bicyclic) bond motifs is 5. The maximum absolute atomic E-state index is 13.1. The molecule has 3 aliphatic heterocycles. The number of hydrogen-bond acceptors (Lipinski definition) is 6. The number of carbonyl (C=O) groups excluding carboxylic acids is 3. The topological polar surface area (TPSA) is 130 Å². The van der Waals surface area contributed by atoms with Crippen molar-refractivity contribution in [3.05, 3.63) is 24.3 Å². The first-order valence-corrected chi connectivity index (χ1v) is 12.9. The van der Waals surface area contributed by atoms with E-state index in [9.17, 15) is 18.9 Å². The summed E-state index contributed by atoms with van der Waals surface area (Å²) in [6.45, 7) is 5.33. The molecule has 0 aromatic carbocycles. The largest absolute Gasteiger partial charge is 0.459 e. The fraction of sp³-hybridized carbons (Fsp3) is 0.682. The van der Waals surface area contributed by atoms with E-state index in [1.54, 1.807) is 19.1 Å². The number of likely N-dealkylation sites (tertiary alicyclic amines) is 1. The minimum atomic E-state index is -3.90. The molecule has 4 atom stereocenters. The van der Waals surface area contributed by atoms with Gasteiger partial charge < -0.3 is 19.3 Å². The molecule has 2 bridgehead atoms. The number of imide groups is 1. The smallest absolute Gasteiger partial charge is 0.333 e. The van der Waals surface area contributed by atoms with Crippen LogP contribution in [0.5, 0.6) is 0 Å². The van der Waals surface area contributed by atoms with Gasteiger partial charge in [0.25, 0.3) is 0 Å². The monoisotopic (exact) mass is 469 g/mol. The lowest BCUT2D eigenvalue weighted by Crippen LogP contribution is -2.44. The van der Waals surface area contributed by atoms with E-state index in [1.165, 1.54) is 4.90 Å². The minimum absolute atomic E-state index is 0.0675. The van der Waals surface area contributed by atoms with Crippen molar-refractivity contribution in [1.29, 1.82) is 0 Å². The summed E-state index contributed by atoms with van der Waals surface area (Å²) in [6, 6.07) is 0. The van der Waals surface area contributed by atoms with Gasteiger partial charge in [-0.3, -0.25) is 19.1 Å². The normalized spacial score (nSPS) is 28.5. The SMILES string of the molecule is C=C(C)C(=O)OCC12C=CC(O1)C1C(=O)N(CCCCCCCCCP(=O)(O)O)C(=O)C12. The third-order valence-corrected chi connectivity index (χ3v) is 7.25. The molecule has 0 aromatic heterocycles. The van der Waals surface area contributed by atoms with Crippen molar-refractivity contribution in [2.45, 2.75) is 63.6 Å². The molecule has 0 radical (unpaired) electrons. The molecule has 2 saturated heterocycles. The molecule has 2 N–H and O–H groups in total. The summed E-state index contributed by atoms with van der Waals surface area (Å²) in [7, 11) is -3.90. The number of ether oxygens (including phenoxy) is 2. The Morgan fingerprint density at radius 3 is 2.41 bits per heavy atom. The Balaban J connectivity index is 1.43. The van der Waals surface area contributed by atoms with Gasteiger partial charge in [-0.2, -0.15) is 0 Å². The van der Waals surface area contributed by atoms with Crippen molar-refractivity contribution >= 4 is 25.4 Å². The van der Waals surface area contributed by atoms with E-state index >= 15 is 0 Å². The molecule has 178 valence electrons. The van der Waals surface area contributed by atoms with Gasteiger partial charge in [0.05, 0.1) is 17.9 Å². The molecule has 2 amide bonds. The van der Waals surface area contributed by atoms with Crippen molar-refractivity contribution in [2.24, 2.45) is 11.8 Å². The van der Waals surface area contributed by atoms with Gasteiger partial charge in [0, 0.05) is 18.3 Å². The highest BCUT2D eigenvalue weighted by Crippen LogP contribution is 2.52. The van der Waals surface area contributed by atoms with Crippen LogP contribution in [0.15, 0.2) is 24.3 Å². The Hall–Kier alpha value is -1.80. The lowest BCUT2D eigenvalue weighted by atomic mass is 9.77. The molecule has 3 heterocycles. The quantitative estimate of drug-likeness (QED) is 0.105. The van der Waals surface area contributed by atoms with Gasteiger partial charge in [-0.1, -0.05) is 44.8 Å². The molecule has 3 rings (SSSR count). The third kappa shape index (κ3) is 5.39. The summed E-state index contributed by atoms with van der Waals surface area (Å²) in [6.07, 6.45) is 8.64. The van der Waals surface area contributed by atoms with Crippen LogP contribution >= 0.6 is 7.60 Å². The Labute approximate surface area is 188 Å². The van der Waals surface area contributed by atoms with Crippen LogP contribution < -0.4 is 0 Å². The number of esters is 1. The van der Waals surface area contributed by atoms with Crippen LogP contribution in [0.2, 0.25) is 0 Å². The molecule has 32 heavy (non-hydrogen) atoms. The van der Waals surface area contributed by atoms with Crippen LogP contribution in [0.3, 0.4) is 0 Å². The van der Waals surface area contributed by atoms with E-state index in [-0.39, 0.29) is 30.2 Å². The zero-order valence-electron chi connectivity index (χ0n) is 18.4. The molecule has 0 aliphatic carbocycles. The van der Waals surface area contributed by atoms with Crippen molar-refractivity contribution in [3.8, 4) is 0 Å². The third-order valence-electron chi connectivity index (χ3n) is 6.35. The average Bonchev–Trinajstić information content (AvgIpc) is 3.35. The highest BCUT2D eigenvalue weighted by molar-refractivity contribution is 7.51. The minimum Gasteiger partial charge on any atom is -0.459 e. The predicted octanol–water partition coefficient (Wildman–Crippen LogP) is 2.32. The maximum atomic E-state index is 13.1. The average molecular weight is 469 g/mol. The summed E-state index contributed by atoms with van der Waals surface area (Å²) in [5.41, 5.74) is -0.832. The van der Waals surface area contributed by atoms with Gasteiger partial charge >= 0.3 is 13.6 Å². The Kier molecular flexibility index (Phi) is 7.76. The molecule has 4 unspecified atom stereocenters. The number of nitrogens with zero attached hydrogens (tertiary/aromatic N) is 1. The second-order valence-electron chi connectivity index (χ2n) is 8.95. The van der Waals surface area contributed by atoms with Crippen LogP contribution in [-0.2, 0) is 28.4 Å². The number of carbonyl (C=O) groups is 3. The van der Waals surface area contributed by atoms with E-state index in [0.29, 0.717) is 19.4 Å². The van der Waals surface area contributed by atoms with Crippen molar-refractivity contribution in [2.75, 3.05) is 19.3 Å². The van der Waals surface area contributed by atoms with E-state index in [4.69, 9.17) is 19.3 Å². The van der Waals surface area contributed by atoms with Gasteiger partial charge in [0.1, 0.15) is 12.2 Å². The summed E-state index contributed by atoms with van der Waals surface area (Å²) in [5.74, 6) is -2.28. The lowest BCUT2D eigenvalue weighted by Gasteiger charge is -2.28. The van der Waals surface area contributed by atoms with Gasteiger partial charge in [0.15, 0.2) is 0 Å². The van der Waals surface area contributed by atoms with Gasteiger partial charge in [-0.25, -0.2) is 4.79 Å². The first-order chi connectivity index (χ1) is 15.1. The highest BCUT2D eigenvalue weighted by atomic mass is 31.2. The Bertz CT molecular complexity index is 849. The second-order valence-corrected chi connectivity index (χ2v) is 10.7. The predicted molar refractivity (Wildman–Crippen MR) is 115 cm³/mol. The molecule has 0 aromatic rings. The second kappa shape index (κ2) is 10.00. The van der Waals surface area contributed by atoms with E-state index in [2.05, 4.69) is 6.58 Å². The van der Waals surface area contributed by atoms with E-state index in [1.807, 2.05) is 0 Å². The van der Waals surface area contributed by atoms with Crippen LogP contribution in [0, 0.1) is 11.8 Å². The molecular formula is C22H32NO8P. The molecule has 2 fully saturated rings. The number of amides is 2. The van der Waals surface area contributed by atoms with Crippen LogP contribution in [0.4, 0.5) is 0 Å². The molecular weight excluding hydrogens is 437 g/mol. The van der Waals surface area contributed by atoms with Gasteiger partial charge in [0.2, 0.25) is 11.8 Å². The van der Waals surface area contributed by atoms with Crippen molar-refractivity contribution < 1.29 is 38.2 Å². The fourth-order valence-electron chi connectivity index (χ4n) is 4.72. The van der Waals surface area contributed by atoms with Crippen LogP contribution in [-0.4, -0.2) is 63.5 Å². The number of unbranched alkanes of at least 4 members (excludes halogenated alkanes) is 6. The zero-order chi connectivity index (χ0) is 23.5. The van der Waals surface area contributed by atoms with E-state index in [0.717, 1.165) is 32.1 Å². The number of hydrogen-bond donors (Lipinski definition) is 2. The number of rotatable bonds is 13. The van der Waals surface area contributed by atoms with Crippen LogP contribution in [0.25, 0.3) is 0 Å². The molecule has 3 aliphatic rings. The van der Waals surface area contributed by atoms with Crippen molar-refractivity contribution in [1.82, 2.24) is 4.90 Å². The summed E-state index contributed by atoms with van der Waals surface area (Å²) in [5, 5.41) is 0. The lowest BCUT2D eigenvalue weighted by molar-refractivity contribution is -0.153. The first-order valence-electron chi connectivity index (χ1n) is 11.2. The first kappa shape index (κ1) is 24.8. The summed E-state index contributed by atoms with van der Waals surface area (Å²) >= 11 is 0. The van der Waals surface area contributed by atoms with Gasteiger partial charge in [-0.05, 0) is 25.8 Å². The maximum Gasteiger partial charge on any atom is 0.333 e. The highest BCUT2D eigenvalue weighted by Gasteiger charge is 2.67. The molecule has 9 nitrogen and oxygen atoms in total. The van der Waals surface area contributed by atoms with Crippen molar-refractivity contribution in [3.63, 3.8) is 0 Å². The molecule has 0 saturated carbocycles. The molecule has 10 heteroatoms. The molecule has 0 spiro atoms. The summed E-state index contributed by atoms with van der Waals surface area (Å²) < 4.78 is 22.0. The fourth-order valence-corrected chi connectivity index (χ4v) is 5.36. The Morgan fingerprint density at radius 2 is 1.78 bits per heavy atom. The zero-order valence-corrected chi connectivity index (χ0v) is 19.3. The van der Waals surface area contributed by atoms with E-state index < -0.39 is 37.1 Å². The van der Waals surface area contributed by atoms with Crippen LogP contribution in [0.1, 0.15) is 51.9 Å². The standard InChI is InChI=1S/C22H32NO8P/c1-15(2)21(26)30-14-22-11-10-16(31-22)17-18(22)20(25)23(19(17)24)12-8-6-4-3-5-7-9-13-32(27,28)29/h10-11,16-18H,1,3-9,12-14H2,2H3,(H2,27,28,29). The van der Waals surface area contributed by atoms with Gasteiger partial charge in [-0.15, -0.1) is 0 Å².